The first-order valence-electron chi connectivity index (χ1n) is 9.33. The molecule has 0 spiro atoms. The number of hydrogen-bond donors (Lipinski definition) is 0. The minimum absolute atomic E-state index is 0.807. The van der Waals surface area contributed by atoms with Crippen LogP contribution in [-0.4, -0.2) is 12.4 Å². The molecule has 1 fully saturated rings. The Balaban J connectivity index is 1.82. The maximum atomic E-state index is 2.67. The molecule has 0 N–H and O–H groups in total. The van der Waals surface area contributed by atoms with E-state index in [1.807, 2.05) is 0 Å². The zero-order valence-electron chi connectivity index (χ0n) is 14.7. The molecule has 2 aliphatic rings. The van der Waals surface area contributed by atoms with E-state index in [0.717, 1.165) is 11.8 Å². The van der Waals surface area contributed by atoms with Crippen LogP contribution in [0.3, 0.4) is 0 Å². The predicted octanol–water partition coefficient (Wildman–Crippen LogP) is 5.42. The predicted molar refractivity (Wildman–Crippen MR) is 106 cm³/mol. The Morgan fingerprint density at radius 1 is 0.920 bits per heavy atom. The number of nitrogens with zero attached hydrogens (tertiary/aromatic N) is 1. The molecule has 2 aromatic carbocycles. The Labute approximate surface area is 150 Å². The van der Waals surface area contributed by atoms with Gasteiger partial charge in [0.1, 0.15) is 0 Å². The topological polar surface area (TPSA) is 4.93 Å². The number of rotatable bonds is 2. The first-order valence-corrected chi connectivity index (χ1v) is 10.9. The average Bonchev–Trinajstić information content (AvgIpc) is 3.27. The van der Waals surface area contributed by atoms with Crippen molar-refractivity contribution in [2.24, 2.45) is 7.05 Å². The normalized spacial score (nSPS) is 21.6. The van der Waals surface area contributed by atoms with Crippen LogP contribution in [0.2, 0.25) is 0 Å². The van der Waals surface area contributed by atoms with E-state index in [2.05, 4.69) is 83.7 Å². The van der Waals surface area contributed by atoms with Gasteiger partial charge in [0.25, 0.3) is 0 Å². The first kappa shape index (κ1) is 15.1. The van der Waals surface area contributed by atoms with E-state index >= 15 is 0 Å². The summed E-state index contributed by atoms with van der Waals surface area (Å²) in [6.07, 6.45) is 4.16. The summed E-state index contributed by atoms with van der Waals surface area (Å²) in [5.41, 5.74) is 8.58. The van der Waals surface area contributed by atoms with Crippen molar-refractivity contribution in [3.8, 4) is 10.7 Å². The van der Waals surface area contributed by atoms with Gasteiger partial charge in [0.15, 0.2) is 8.18 Å². The van der Waals surface area contributed by atoms with Gasteiger partial charge >= 0.3 is 0 Å². The monoisotopic (exact) mass is 341 g/mol. The van der Waals surface area contributed by atoms with Gasteiger partial charge in [0.2, 0.25) is 0 Å². The quantitative estimate of drug-likeness (QED) is 0.548. The molecule has 5 rings (SSSR count). The minimum Gasteiger partial charge on any atom is -0.380 e. The lowest BCUT2D eigenvalue weighted by Crippen LogP contribution is -2.16. The molecular formula is C23H23NSi. The van der Waals surface area contributed by atoms with E-state index < -0.39 is 8.18 Å². The Bertz CT molecular complexity index is 986. The third-order valence-corrected chi connectivity index (χ3v) is 8.60. The van der Waals surface area contributed by atoms with E-state index in [-0.39, 0.29) is 0 Å². The van der Waals surface area contributed by atoms with Crippen LogP contribution < -0.4 is 0 Å². The molecule has 2 unspecified atom stereocenters. The summed E-state index contributed by atoms with van der Waals surface area (Å²) >= 11 is 0. The largest absolute Gasteiger partial charge is 0.380 e. The van der Waals surface area contributed by atoms with E-state index in [4.69, 9.17) is 0 Å². The first-order chi connectivity index (χ1) is 12.3. The van der Waals surface area contributed by atoms with Gasteiger partial charge < -0.3 is 4.22 Å². The highest BCUT2D eigenvalue weighted by Crippen LogP contribution is 2.53. The Morgan fingerprint density at radius 2 is 1.60 bits per heavy atom. The van der Waals surface area contributed by atoms with Crippen LogP contribution in [0.1, 0.15) is 47.9 Å². The number of benzene rings is 2. The highest BCUT2D eigenvalue weighted by molar-refractivity contribution is 6.48. The zero-order valence-corrected chi connectivity index (χ0v) is 15.7. The highest BCUT2D eigenvalue weighted by atomic mass is 28.2. The summed E-state index contributed by atoms with van der Waals surface area (Å²) in [5.74, 6) is 1.61. The Morgan fingerprint density at radius 3 is 2.36 bits per heavy atom. The molecule has 3 aromatic rings. The SMILES string of the molecule is Cn1c2c(cc(-c3ccccc3)/[si]1=C\c1ccccc1)C1CCC2C1. The van der Waals surface area contributed by atoms with E-state index in [9.17, 15) is 0 Å². The molecule has 2 bridgehead atoms. The van der Waals surface area contributed by atoms with Gasteiger partial charge in [-0.25, -0.2) is 0 Å². The van der Waals surface area contributed by atoms with Crippen molar-refractivity contribution in [3.63, 3.8) is 0 Å². The van der Waals surface area contributed by atoms with Gasteiger partial charge in [-0.15, -0.1) is 0 Å². The Kier molecular flexibility index (Phi) is 3.60. The Hall–Kier alpha value is -2.19. The van der Waals surface area contributed by atoms with Crippen LogP contribution in [0, 0.1) is 5.67 Å². The molecule has 0 saturated heterocycles. The van der Waals surface area contributed by atoms with Gasteiger partial charge in [0.05, 0.1) is 0 Å². The lowest BCUT2D eigenvalue weighted by Gasteiger charge is -2.22. The molecule has 0 aliphatic heterocycles. The van der Waals surface area contributed by atoms with Crippen molar-refractivity contribution < 1.29 is 0 Å². The van der Waals surface area contributed by atoms with Gasteiger partial charge in [-0.2, -0.15) is 0 Å². The molecular weight excluding hydrogens is 318 g/mol. The summed E-state index contributed by atoms with van der Waals surface area (Å²) < 4.78 is 2.67. The van der Waals surface area contributed by atoms with Gasteiger partial charge in [-0.3, -0.25) is 0 Å². The summed E-state index contributed by atoms with van der Waals surface area (Å²) in [5, 5.41) is 1.54. The van der Waals surface area contributed by atoms with Crippen LogP contribution in [0.5, 0.6) is 0 Å². The lowest BCUT2D eigenvalue weighted by molar-refractivity contribution is 0.668. The molecule has 0 radical (unpaired) electrons. The van der Waals surface area contributed by atoms with Crippen LogP contribution in [0.4, 0.5) is 0 Å². The van der Waals surface area contributed by atoms with Crippen molar-refractivity contribution in [1.29, 1.82) is 0 Å². The number of aromatic nitrogens is 1. The molecule has 124 valence electrons. The van der Waals surface area contributed by atoms with Crippen molar-refractivity contribution in [2.45, 2.75) is 31.1 Å². The third kappa shape index (κ3) is 2.47. The van der Waals surface area contributed by atoms with Crippen LogP contribution >= 0.6 is 0 Å². The lowest BCUT2D eigenvalue weighted by atomic mass is 9.96. The molecule has 1 nitrogen and oxygen atoms in total. The minimum atomic E-state index is -0.932. The third-order valence-electron chi connectivity index (χ3n) is 6.04. The van der Waals surface area contributed by atoms with E-state index in [0.29, 0.717) is 0 Å². The molecule has 2 heteroatoms. The van der Waals surface area contributed by atoms with Gasteiger partial charge in [0, 0.05) is 12.7 Å². The molecule has 0 amide bonds. The highest BCUT2D eigenvalue weighted by Gasteiger charge is 2.38. The zero-order chi connectivity index (χ0) is 16.8. The molecule has 1 heterocycles. The smallest absolute Gasteiger partial charge is 0.166 e. The molecule has 25 heavy (non-hydrogen) atoms. The molecule has 2 aliphatic carbocycles. The second kappa shape index (κ2) is 5.96. The standard InChI is InChI=1S/C23H23NSi/c1-24-23-20-13-12-19(14-20)21(23)15-22(18-10-6-3-7-11-18)25(24)16-17-8-4-2-5-9-17/h2-11,15-16,19-20H,12-14H2,1H3/b25-16+. The number of fused-ring (bicyclic) bond motifs is 5. The van der Waals surface area contributed by atoms with Crippen LogP contribution in [0.15, 0.2) is 66.7 Å². The summed E-state index contributed by atoms with van der Waals surface area (Å²) in [4.78, 5) is 0. The summed E-state index contributed by atoms with van der Waals surface area (Å²) in [6, 6.07) is 24.4. The van der Waals surface area contributed by atoms with Crippen LogP contribution in [0.25, 0.3) is 10.7 Å². The fraction of sp³-hybridized carbons (Fsp3) is 0.261. The molecule has 1 saturated carbocycles. The maximum Gasteiger partial charge on any atom is 0.166 e. The second-order valence-corrected chi connectivity index (χ2v) is 9.74. The van der Waals surface area contributed by atoms with E-state index in [1.54, 1.807) is 16.4 Å². The fourth-order valence-corrected chi connectivity index (χ4v) is 7.44. The molecule has 1 aromatic heterocycles. The second-order valence-electron chi connectivity index (χ2n) is 7.47. The fourth-order valence-electron chi connectivity index (χ4n) is 4.89. The average molecular weight is 342 g/mol. The van der Waals surface area contributed by atoms with Gasteiger partial charge in [-0.1, -0.05) is 72.4 Å². The molecule has 2 atom stereocenters. The van der Waals surface area contributed by atoms with Crippen molar-refractivity contribution in [2.75, 3.05) is 0 Å². The summed E-state index contributed by atoms with van der Waals surface area (Å²) in [6.45, 7) is 0. The van der Waals surface area contributed by atoms with Gasteiger partial charge in [-0.05, 0) is 53.0 Å². The number of hydrogen-bond acceptors (Lipinski definition) is 0. The maximum absolute atomic E-state index is 2.67. The van der Waals surface area contributed by atoms with E-state index in [1.165, 1.54) is 30.4 Å². The van der Waals surface area contributed by atoms with Crippen molar-refractivity contribution >= 4 is 8.18 Å². The summed E-state index contributed by atoms with van der Waals surface area (Å²) in [7, 11) is 1.42. The van der Waals surface area contributed by atoms with Crippen molar-refractivity contribution in [3.05, 3.63) is 89.2 Å². The van der Waals surface area contributed by atoms with Crippen molar-refractivity contribution in [1.82, 2.24) is 4.22 Å². The van der Waals surface area contributed by atoms with Crippen LogP contribution in [-0.2, 0) is 7.05 Å².